The lowest BCUT2D eigenvalue weighted by Crippen LogP contribution is -2.30. The van der Waals surface area contributed by atoms with E-state index in [-0.39, 0.29) is 12.1 Å². The van der Waals surface area contributed by atoms with Crippen LogP contribution in [0.4, 0.5) is 5.69 Å². The number of anilines is 1. The highest BCUT2D eigenvalue weighted by Crippen LogP contribution is 2.42. The number of nitrogens with one attached hydrogen (secondary N) is 1. The Bertz CT molecular complexity index is 1230. The van der Waals surface area contributed by atoms with Crippen LogP contribution in [-0.4, -0.2) is 19.6 Å². The Hall–Kier alpha value is -3.03. The second kappa shape index (κ2) is 8.24. The van der Waals surface area contributed by atoms with Gasteiger partial charge in [-0.05, 0) is 79.3 Å². The quantitative estimate of drug-likeness (QED) is 0.382. The first-order valence-corrected chi connectivity index (χ1v) is 11.2. The molecule has 1 aliphatic rings. The number of aromatic nitrogens is 3. The van der Waals surface area contributed by atoms with Crippen molar-refractivity contribution < 1.29 is 0 Å². The van der Waals surface area contributed by atoms with E-state index < -0.39 is 0 Å². The van der Waals surface area contributed by atoms with E-state index in [0.717, 1.165) is 32.8 Å². The molecule has 5 rings (SSSR count). The van der Waals surface area contributed by atoms with Crippen LogP contribution in [0.1, 0.15) is 29.0 Å². The minimum atomic E-state index is -0.0945. The van der Waals surface area contributed by atoms with Crippen molar-refractivity contribution in [1.82, 2.24) is 19.9 Å². The summed E-state index contributed by atoms with van der Waals surface area (Å²) in [5, 5.41) is 4.21. The molecule has 4 aromatic rings. The molecular formula is C24H20BrN5S. The maximum absolute atomic E-state index is 5.84. The molecule has 0 bridgehead atoms. The van der Waals surface area contributed by atoms with Crippen molar-refractivity contribution in [2.75, 3.05) is 4.90 Å². The Labute approximate surface area is 194 Å². The molecule has 0 radical (unpaired) electrons. The molecule has 1 N–H and O–H groups in total. The van der Waals surface area contributed by atoms with Gasteiger partial charge in [-0.3, -0.25) is 9.97 Å². The Morgan fingerprint density at radius 2 is 1.90 bits per heavy atom. The van der Waals surface area contributed by atoms with Crippen LogP contribution < -0.4 is 10.2 Å². The fourth-order valence-electron chi connectivity index (χ4n) is 4.08. The summed E-state index contributed by atoms with van der Waals surface area (Å²) in [4.78, 5) is 11.1. The summed E-state index contributed by atoms with van der Waals surface area (Å²) in [7, 11) is 0. The minimum Gasteiger partial charge on any atom is -0.351 e. The molecule has 0 unspecified atom stereocenters. The van der Waals surface area contributed by atoms with Gasteiger partial charge in [0.2, 0.25) is 0 Å². The van der Waals surface area contributed by atoms with Crippen LogP contribution in [0.25, 0.3) is 5.69 Å². The molecular weight excluding hydrogens is 470 g/mol. The van der Waals surface area contributed by atoms with Gasteiger partial charge in [-0.25, -0.2) is 0 Å². The molecule has 1 saturated heterocycles. The molecule has 1 fully saturated rings. The zero-order valence-corrected chi connectivity index (χ0v) is 19.2. The van der Waals surface area contributed by atoms with Gasteiger partial charge < -0.3 is 14.8 Å². The number of aryl methyl sites for hydroxylation is 1. The number of thiocarbonyl (C=S) groups is 1. The highest BCUT2D eigenvalue weighted by molar-refractivity contribution is 9.10. The summed E-state index contributed by atoms with van der Waals surface area (Å²) in [6.07, 6.45) is 7.54. The molecule has 154 valence electrons. The zero-order chi connectivity index (χ0) is 21.4. The summed E-state index contributed by atoms with van der Waals surface area (Å²) in [6, 6.07) is 20.3. The average molecular weight is 490 g/mol. The van der Waals surface area contributed by atoms with Crippen molar-refractivity contribution in [2.45, 2.75) is 19.0 Å². The molecule has 7 heteroatoms. The second-order valence-corrected chi connectivity index (χ2v) is 8.69. The number of benzene rings is 1. The number of rotatable bonds is 4. The van der Waals surface area contributed by atoms with Crippen LogP contribution in [0, 0.1) is 6.92 Å². The standard InChI is InChI=1S/C24H20BrN5S/c1-16-14-17(9-10-19(16)25)30-23(22(28-24(30)31)20-7-2-3-12-27-20)21-8-5-13-29(21)18-6-4-11-26-15-18/h2-15,22-23H,1H3,(H,28,31)/t22-,23-/m0/s1. The van der Waals surface area contributed by atoms with Crippen LogP contribution in [-0.2, 0) is 0 Å². The van der Waals surface area contributed by atoms with E-state index in [2.05, 4.69) is 90.2 Å². The smallest absolute Gasteiger partial charge is 0.174 e. The van der Waals surface area contributed by atoms with E-state index in [1.54, 1.807) is 6.20 Å². The summed E-state index contributed by atoms with van der Waals surface area (Å²) in [5.41, 5.74) is 5.26. The van der Waals surface area contributed by atoms with Crippen molar-refractivity contribution in [3.8, 4) is 5.69 Å². The van der Waals surface area contributed by atoms with Gasteiger partial charge in [-0.15, -0.1) is 0 Å². The first-order chi connectivity index (χ1) is 15.1. The molecule has 2 atom stereocenters. The fourth-order valence-corrected chi connectivity index (χ4v) is 4.67. The Morgan fingerprint density at radius 1 is 1.00 bits per heavy atom. The minimum absolute atomic E-state index is 0.0850. The highest BCUT2D eigenvalue weighted by Gasteiger charge is 2.42. The third-order valence-corrected chi connectivity index (χ3v) is 6.73. The summed E-state index contributed by atoms with van der Waals surface area (Å²) < 4.78 is 3.24. The molecule has 3 aromatic heterocycles. The van der Waals surface area contributed by atoms with Gasteiger partial charge in [0.1, 0.15) is 6.04 Å². The van der Waals surface area contributed by atoms with E-state index in [1.165, 1.54) is 0 Å². The van der Waals surface area contributed by atoms with E-state index in [0.29, 0.717) is 5.11 Å². The summed E-state index contributed by atoms with van der Waals surface area (Å²) >= 11 is 9.45. The maximum atomic E-state index is 5.84. The predicted octanol–water partition coefficient (Wildman–Crippen LogP) is 5.52. The van der Waals surface area contributed by atoms with Crippen LogP contribution in [0.5, 0.6) is 0 Å². The first kappa shape index (κ1) is 19.9. The number of hydrogen-bond donors (Lipinski definition) is 1. The zero-order valence-electron chi connectivity index (χ0n) is 16.8. The summed E-state index contributed by atoms with van der Waals surface area (Å²) in [6.45, 7) is 2.09. The van der Waals surface area contributed by atoms with Crippen LogP contribution in [0.3, 0.4) is 0 Å². The lowest BCUT2D eigenvalue weighted by atomic mass is 10.0. The Balaban J connectivity index is 1.68. The number of hydrogen-bond acceptors (Lipinski definition) is 3. The van der Waals surface area contributed by atoms with Crippen LogP contribution in [0.15, 0.2) is 89.9 Å². The molecule has 0 amide bonds. The highest BCUT2D eigenvalue weighted by atomic mass is 79.9. The topological polar surface area (TPSA) is 46.0 Å². The van der Waals surface area contributed by atoms with Crippen molar-refractivity contribution in [3.63, 3.8) is 0 Å². The molecule has 31 heavy (non-hydrogen) atoms. The largest absolute Gasteiger partial charge is 0.351 e. The van der Waals surface area contributed by atoms with Crippen molar-refractivity contribution in [1.29, 1.82) is 0 Å². The van der Waals surface area contributed by atoms with Gasteiger partial charge in [-0.2, -0.15) is 0 Å². The molecule has 0 saturated carbocycles. The fraction of sp³-hybridized carbons (Fsp3) is 0.125. The Kier molecular flexibility index (Phi) is 5.29. The van der Waals surface area contributed by atoms with E-state index >= 15 is 0 Å². The van der Waals surface area contributed by atoms with Crippen LogP contribution >= 0.6 is 28.1 Å². The number of halogens is 1. The van der Waals surface area contributed by atoms with E-state index in [4.69, 9.17) is 12.2 Å². The molecule has 0 aliphatic carbocycles. The number of pyridine rings is 2. The maximum Gasteiger partial charge on any atom is 0.174 e. The lowest BCUT2D eigenvalue weighted by Gasteiger charge is -2.29. The van der Waals surface area contributed by atoms with E-state index in [1.807, 2.05) is 36.7 Å². The van der Waals surface area contributed by atoms with Crippen molar-refractivity contribution in [2.24, 2.45) is 0 Å². The summed E-state index contributed by atoms with van der Waals surface area (Å²) in [5.74, 6) is 0. The van der Waals surface area contributed by atoms with Gasteiger partial charge in [0, 0.05) is 34.4 Å². The normalized spacial score (nSPS) is 18.3. The molecule has 4 heterocycles. The predicted molar refractivity (Wildman–Crippen MR) is 130 cm³/mol. The van der Waals surface area contributed by atoms with Crippen LogP contribution in [0.2, 0.25) is 0 Å². The molecule has 1 aromatic carbocycles. The third kappa shape index (κ3) is 3.64. The van der Waals surface area contributed by atoms with Gasteiger partial charge in [0.05, 0.1) is 23.6 Å². The second-order valence-electron chi connectivity index (χ2n) is 7.44. The van der Waals surface area contributed by atoms with Gasteiger partial charge in [0.25, 0.3) is 0 Å². The van der Waals surface area contributed by atoms with Gasteiger partial charge in [-0.1, -0.05) is 22.0 Å². The molecule has 5 nitrogen and oxygen atoms in total. The van der Waals surface area contributed by atoms with Gasteiger partial charge >= 0.3 is 0 Å². The van der Waals surface area contributed by atoms with E-state index in [9.17, 15) is 0 Å². The Morgan fingerprint density at radius 3 is 2.65 bits per heavy atom. The first-order valence-electron chi connectivity index (χ1n) is 9.98. The molecule has 0 spiro atoms. The third-order valence-electron chi connectivity index (χ3n) is 5.53. The number of nitrogens with zero attached hydrogens (tertiary/aromatic N) is 4. The van der Waals surface area contributed by atoms with Crippen molar-refractivity contribution >= 4 is 38.9 Å². The lowest BCUT2D eigenvalue weighted by molar-refractivity contribution is 0.549. The van der Waals surface area contributed by atoms with Crippen molar-refractivity contribution in [3.05, 3.63) is 107 Å². The SMILES string of the molecule is Cc1cc(N2C(=S)N[C@@H](c3ccccn3)[C@@H]2c2cccn2-c2cccnc2)ccc1Br. The monoisotopic (exact) mass is 489 g/mol. The average Bonchev–Trinajstić information content (AvgIpc) is 3.41. The van der Waals surface area contributed by atoms with Gasteiger partial charge in [0.15, 0.2) is 5.11 Å². The molecule has 1 aliphatic heterocycles.